The lowest BCUT2D eigenvalue weighted by Crippen LogP contribution is -2.44. The number of likely N-dealkylation sites (tertiary alicyclic amines) is 1. The summed E-state index contributed by atoms with van der Waals surface area (Å²) in [5.74, 6) is 0.357. The zero-order valence-electron chi connectivity index (χ0n) is 16.7. The minimum Gasteiger partial charge on any atom is -0.438 e. The molecule has 3 rings (SSSR count). The summed E-state index contributed by atoms with van der Waals surface area (Å²) < 4.78 is 19.2. The van der Waals surface area contributed by atoms with Gasteiger partial charge in [0.25, 0.3) is 5.91 Å². The first-order valence-corrected chi connectivity index (χ1v) is 9.81. The van der Waals surface area contributed by atoms with Crippen LogP contribution in [0.2, 0.25) is 0 Å². The highest BCUT2D eigenvalue weighted by molar-refractivity contribution is 5.91. The van der Waals surface area contributed by atoms with Crippen LogP contribution in [-0.4, -0.2) is 72.4 Å². The van der Waals surface area contributed by atoms with E-state index in [1.54, 1.807) is 6.07 Å². The SMILES string of the molecule is CN(C)CCN(CC1CCCN(Cc2ccccc2F)C1)C(=O)c1cnco1. The van der Waals surface area contributed by atoms with Crippen LogP contribution < -0.4 is 0 Å². The van der Waals surface area contributed by atoms with Gasteiger partial charge in [-0.3, -0.25) is 9.69 Å². The van der Waals surface area contributed by atoms with E-state index in [0.29, 0.717) is 25.6 Å². The lowest BCUT2D eigenvalue weighted by Gasteiger charge is -2.36. The number of oxazole rings is 1. The molecule has 152 valence electrons. The van der Waals surface area contributed by atoms with Gasteiger partial charge in [0.1, 0.15) is 5.82 Å². The topological polar surface area (TPSA) is 52.8 Å². The molecule has 0 aliphatic carbocycles. The average molecular weight is 388 g/mol. The van der Waals surface area contributed by atoms with Gasteiger partial charge in [-0.25, -0.2) is 9.37 Å². The number of rotatable bonds is 8. The van der Waals surface area contributed by atoms with Crippen LogP contribution in [-0.2, 0) is 6.54 Å². The Bertz CT molecular complexity index is 751. The van der Waals surface area contributed by atoms with E-state index in [1.807, 2.05) is 31.1 Å². The van der Waals surface area contributed by atoms with Crippen molar-refractivity contribution >= 4 is 5.91 Å². The van der Waals surface area contributed by atoms with E-state index < -0.39 is 0 Å². The van der Waals surface area contributed by atoms with Crippen molar-refractivity contribution in [2.45, 2.75) is 19.4 Å². The van der Waals surface area contributed by atoms with Gasteiger partial charge in [-0.2, -0.15) is 0 Å². The zero-order valence-corrected chi connectivity index (χ0v) is 16.7. The summed E-state index contributed by atoms with van der Waals surface area (Å²) >= 11 is 0. The molecular formula is C21H29FN4O2. The van der Waals surface area contributed by atoms with E-state index in [2.05, 4.69) is 14.8 Å². The second kappa shape index (κ2) is 9.80. The van der Waals surface area contributed by atoms with Crippen LogP contribution in [0.5, 0.6) is 0 Å². The van der Waals surface area contributed by atoms with E-state index >= 15 is 0 Å². The molecule has 28 heavy (non-hydrogen) atoms. The maximum absolute atomic E-state index is 14.0. The molecule has 0 radical (unpaired) electrons. The highest BCUT2D eigenvalue weighted by atomic mass is 19.1. The number of hydrogen-bond acceptors (Lipinski definition) is 5. The van der Waals surface area contributed by atoms with Crippen molar-refractivity contribution in [2.24, 2.45) is 5.92 Å². The summed E-state index contributed by atoms with van der Waals surface area (Å²) in [6.45, 7) is 4.51. The van der Waals surface area contributed by atoms with Gasteiger partial charge >= 0.3 is 0 Å². The summed E-state index contributed by atoms with van der Waals surface area (Å²) in [4.78, 5) is 22.9. The van der Waals surface area contributed by atoms with E-state index in [-0.39, 0.29) is 17.5 Å². The first kappa shape index (κ1) is 20.5. The molecule has 6 nitrogen and oxygen atoms in total. The number of carbonyl (C=O) groups is 1. The first-order chi connectivity index (χ1) is 13.5. The molecule has 1 amide bonds. The van der Waals surface area contributed by atoms with Crippen molar-refractivity contribution in [1.82, 2.24) is 19.7 Å². The molecular weight excluding hydrogens is 359 g/mol. The van der Waals surface area contributed by atoms with Crippen LogP contribution in [0.25, 0.3) is 0 Å². The number of likely N-dealkylation sites (N-methyl/N-ethyl adjacent to an activating group) is 1. The number of aromatic nitrogens is 1. The molecule has 0 saturated carbocycles. The fraction of sp³-hybridized carbons (Fsp3) is 0.524. The van der Waals surface area contributed by atoms with Crippen LogP contribution in [0, 0.1) is 11.7 Å². The molecule has 1 aliphatic rings. The normalized spacial score (nSPS) is 17.8. The molecule has 1 fully saturated rings. The van der Waals surface area contributed by atoms with Gasteiger partial charge < -0.3 is 14.2 Å². The standard InChI is InChI=1S/C21H29FN4O2/c1-24(2)10-11-26(21(27)20-12-23-16-28-20)14-17-6-5-9-25(13-17)15-18-7-3-4-8-19(18)22/h3-4,7-8,12,16-17H,5-6,9-11,13-15H2,1-2H3. The van der Waals surface area contributed by atoms with Crippen molar-refractivity contribution in [3.8, 4) is 0 Å². The Morgan fingerprint density at radius 1 is 1.32 bits per heavy atom. The fourth-order valence-corrected chi connectivity index (χ4v) is 3.70. The van der Waals surface area contributed by atoms with Crippen molar-refractivity contribution < 1.29 is 13.6 Å². The van der Waals surface area contributed by atoms with Crippen molar-refractivity contribution in [3.63, 3.8) is 0 Å². The van der Waals surface area contributed by atoms with Crippen LogP contribution in [0.3, 0.4) is 0 Å². The molecule has 1 unspecified atom stereocenters. The molecule has 1 saturated heterocycles. The monoisotopic (exact) mass is 388 g/mol. The third-order valence-electron chi connectivity index (χ3n) is 5.18. The van der Waals surface area contributed by atoms with Crippen LogP contribution >= 0.6 is 0 Å². The first-order valence-electron chi connectivity index (χ1n) is 9.81. The van der Waals surface area contributed by atoms with Crippen molar-refractivity contribution in [1.29, 1.82) is 0 Å². The van der Waals surface area contributed by atoms with Crippen molar-refractivity contribution in [2.75, 3.05) is 46.8 Å². The minimum atomic E-state index is -0.155. The Hall–Kier alpha value is -2.25. The number of amides is 1. The van der Waals surface area contributed by atoms with Crippen molar-refractivity contribution in [3.05, 3.63) is 54.0 Å². The third kappa shape index (κ3) is 5.62. The molecule has 1 aromatic heterocycles. The summed E-state index contributed by atoms with van der Waals surface area (Å²) in [5.41, 5.74) is 0.727. The molecule has 2 heterocycles. The van der Waals surface area contributed by atoms with Gasteiger partial charge in [0, 0.05) is 38.3 Å². The maximum Gasteiger partial charge on any atom is 0.291 e. The predicted octanol–water partition coefficient (Wildman–Crippen LogP) is 2.73. The number of halogens is 1. The van der Waals surface area contributed by atoms with Crippen LogP contribution in [0.15, 0.2) is 41.3 Å². The Morgan fingerprint density at radius 3 is 2.86 bits per heavy atom. The van der Waals surface area contributed by atoms with Gasteiger partial charge in [0.2, 0.25) is 5.76 Å². The summed E-state index contributed by atoms with van der Waals surface area (Å²) in [6, 6.07) is 6.94. The zero-order chi connectivity index (χ0) is 19.9. The quantitative estimate of drug-likeness (QED) is 0.696. The van der Waals surface area contributed by atoms with E-state index in [0.717, 1.165) is 38.0 Å². The number of nitrogens with zero attached hydrogens (tertiary/aromatic N) is 4. The van der Waals surface area contributed by atoms with Crippen LogP contribution in [0.1, 0.15) is 29.0 Å². The van der Waals surface area contributed by atoms with Gasteiger partial charge in [0.05, 0.1) is 6.20 Å². The number of benzene rings is 1. The molecule has 0 bridgehead atoms. The Morgan fingerprint density at radius 2 is 2.14 bits per heavy atom. The summed E-state index contributed by atoms with van der Waals surface area (Å²) in [7, 11) is 3.99. The van der Waals surface area contributed by atoms with E-state index in [1.165, 1.54) is 18.7 Å². The smallest absolute Gasteiger partial charge is 0.291 e. The molecule has 0 spiro atoms. The lowest BCUT2D eigenvalue weighted by molar-refractivity contribution is 0.0630. The van der Waals surface area contributed by atoms with Gasteiger partial charge in [-0.1, -0.05) is 18.2 Å². The Balaban J connectivity index is 1.62. The molecule has 1 aromatic carbocycles. The maximum atomic E-state index is 14.0. The van der Waals surface area contributed by atoms with Gasteiger partial charge in [0.15, 0.2) is 6.39 Å². The number of carbonyl (C=O) groups excluding carboxylic acids is 1. The molecule has 0 N–H and O–H groups in total. The van der Waals surface area contributed by atoms with Gasteiger partial charge in [-0.05, 0) is 45.5 Å². The average Bonchev–Trinajstić information content (AvgIpc) is 3.21. The van der Waals surface area contributed by atoms with Gasteiger partial charge in [-0.15, -0.1) is 0 Å². The Labute approximate surface area is 165 Å². The predicted molar refractivity (Wildman–Crippen MR) is 105 cm³/mol. The lowest BCUT2D eigenvalue weighted by atomic mass is 9.96. The summed E-state index contributed by atoms with van der Waals surface area (Å²) in [5, 5.41) is 0. The number of hydrogen-bond donors (Lipinski definition) is 0. The second-order valence-corrected chi connectivity index (χ2v) is 7.75. The van der Waals surface area contributed by atoms with E-state index in [9.17, 15) is 9.18 Å². The molecule has 2 aromatic rings. The molecule has 7 heteroatoms. The minimum absolute atomic E-state index is 0.120. The summed E-state index contributed by atoms with van der Waals surface area (Å²) in [6.07, 6.45) is 4.87. The molecule has 1 atom stereocenters. The van der Waals surface area contributed by atoms with Crippen LogP contribution in [0.4, 0.5) is 4.39 Å². The third-order valence-corrected chi connectivity index (χ3v) is 5.18. The molecule has 1 aliphatic heterocycles. The number of piperidine rings is 1. The second-order valence-electron chi connectivity index (χ2n) is 7.75. The highest BCUT2D eigenvalue weighted by Gasteiger charge is 2.26. The fourth-order valence-electron chi connectivity index (χ4n) is 3.70. The highest BCUT2D eigenvalue weighted by Crippen LogP contribution is 2.21. The van der Waals surface area contributed by atoms with E-state index in [4.69, 9.17) is 4.42 Å². The largest absolute Gasteiger partial charge is 0.438 e. The Kier molecular flexibility index (Phi) is 7.17.